The number of aliphatic hydroxyl groups is 1. The molecule has 1 aliphatic carbocycles. The van der Waals surface area contributed by atoms with Gasteiger partial charge >= 0.3 is 0 Å². The van der Waals surface area contributed by atoms with E-state index in [1.54, 1.807) is 6.07 Å². The molecule has 0 radical (unpaired) electrons. The van der Waals surface area contributed by atoms with Crippen LogP contribution in [-0.4, -0.2) is 11.2 Å². The van der Waals surface area contributed by atoms with E-state index in [9.17, 15) is 9.50 Å². The highest BCUT2D eigenvalue weighted by molar-refractivity contribution is 5.27. The van der Waals surface area contributed by atoms with E-state index in [2.05, 4.69) is 6.92 Å². The van der Waals surface area contributed by atoms with Crippen LogP contribution in [0.3, 0.4) is 0 Å². The first kappa shape index (κ1) is 10.6. The Labute approximate surface area is 89.9 Å². The lowest BCUT2D eigenvalue weighted by Gasteiger charge is -2.11. The molecule has 1 aromatic rings. The molecule has 0 amide bonds. The monoisotopic (exact) mass is 208 g/mol. The van der Waals surface area contributed by atoms with Gasteiger partial charge in [-0.05, 0) is 54.9 Å². The van der Waals surface area contributed by atoms with E-state index in [1.807, 2.05) is 6.92 Å². The average Bonchev–Trinajstić information content (AvgIpc) is 2.88. The van der Waals surface area contributed by atoms with Crippen LogP contribution in [0.4, 0.5) is 4.39 Å². The maximum Gasteiger partial charge on any atom is 0.123 e. The van der Waals surface area contributed by atoms with Gasteiger partial charge in [0.25, 0.3) is 0 Å². The van der Waals surface area contributed by atoms with E-state index in [-0.39, 0.29) is 11.9 Å². The van der Waals surface area contributed by atoms with Gasteiger partial charge in [0.1, 0.15) is 5.82 Å². The van der Waals surface area contributed by atoms with Crippen LogP contribution in [-0.2, 0) is 6.42 Å². The van der Waals surface area contributed by atoms with Crippen LogP contribution in [0.5, 0.6) is 0 Å². The molecule has 15 heavy (non-hydrogen) atoms. The summed E-state index contributed by atoms with van der Waals surface area (Å²) in [6.45, 7) is 4.05. The van der Waals surface area contributed by atoms with E-state index >= 15 is 0 Å². The lowest BCUT2D eigenvalue weighted by Crippen LogP contribution is -2.14. The average molecular weight is 208 g/mol. The summed E-state index contributed by atoms with van der Waals surface area (Å²) in [6, 6.07) is 4.77. The summed E-state index contributed by atoms with van der Waals surface area (Å²) in [7, 11) is 0. The molecule has 1 N–H and O–H groups in total. The van der Waals surface area contributed by atoms with Crippen molar-refractivity contribution in [2.24, 2.45) is 11.8 Å². The number of benzene rings is 1. The van der Waals surface area contributed by atoms with E-state index in [4.69, 9.17) is 0 Å². The molecule has 0 bridgehead atoms. The van der Waals surface area contributed by atoms with Gasteiger partial charge in [0.05, 0.1) is 6.10 Å². The quantitative estimate of drug-likeness (QED) is 0.809. The van der Waals surface area contributed by atoms with E-state index in [0.29, 0.717) is 18.3 Å². The molecule has 1 fully saturated rings. The molecule has 1 nitrogen and oxygen atoms in total. The highest BCUT2D eigenvalue weighted by atomic mass is 19.1. The van der Waals surface area contributed by atoms with Gasteiger partial charge in [-0.1, -0.05) is 13.0 Å². The second-order valence-electron chi connectivity index (χ2n) is 4.72. The molecule has 82 valence electrons. The molecule has 0 spiro atoms. The number of hydrogen-bond donors (Lipinski definition) is 1. The predicted molar refractivity (Wildman–Crippen MR) is 58.1 cm³/mol. The smallest absolute Gasteiger partial charge is 0.123 e. The largest absolute Gasteiger partial charge is 0.392 e. The number of rotatable bonds is 3. The highest BCUT2D eigenvalue weighted by Gasteiger charge is 2.38. The van der Waals surface area contributed by atoms with Crippen LogP contribution < -0.4 is 0 Å². The van der Waals surface area contributed by atoms with Crippen molar-refractivity contribution in [1.29, 1.82) is 0 Å². The third-order valence-electron chi connectivity index (χ3n) is 3.40. The summed E-state index contributed by atoms with van der Waals surface area (Å²) in [4.78, 5) is 0. The molecule has 2 heteroatoms. The Bertz CT molecular complexity index is 362. The molecule has 0 saturated heterocycles. The van der Waals surface area contributed by atoms with E-state index in [0.717, 1.165) is 17.5 Å². The maximum atomic E-state index is 12.9. The van der Waals surface area contributed by atoms with Gasteiger partial charge in [-0.15, -0.1) is 0 Å². The molecule has 1 aromatic carbocycles. The number of aryl methyl sites for hydroxylation is 1. The molecular weight excluding hydrogens is 191 g/mol. The van der Waals surface area contributed by atoms with Gasteiger partial charge in [0.2, 0.25) is 0 Å². The predicted octanol–water partition coefficient (Wildman–Crippen LogP) is 2.69. The normalized spacial score (nSPS) is 26.4. The van der Waals surface area contributed by atoms with Crippen LogP contribution in [0.2, 0.25) is 0 Å². The fraction of sp³-hybridized carbons (Fsp3) is 0.538. The molecule has 3 unspecified atom stereocenters. The molecule has 1 aliphatic rings. The van der Waals surface area contributed by atoms with Crippen molar-refractivity contribution in [3.63, 3.8) is 0 Å². The molecular formula is C13H17FO. The topological polar surface area (TPSA) is 20.2 Å². The van der Waals surface area contributed by atoms with Crippen molar-refractivity contribution in [3.8, 4) is 0 Å². The zero-order valence-corrected chi connectivity index (χ0v) is 9.20. The molecule has 3 atom stereocenters. The lowest BCUT2D eigenvalue weighted by atomic mass is 9.99. The Hall–Kier alpha value is -0.890. The van der Waals surface area contributed by atoms with Crippen molar-refractivity contribution in [3.05, 3.63) is 35.1 Å². The molecule has 1 saturated carbocycles. The van der Waals surface area contributed by atoms with E-state index < -0.39 is 0 Å². The van der Waals surface area contributed by atoms with E-state index in [1.165, 1.54) is 12.1 Å². The second-order valence-corrected chi connectivity index (χ2v) is 4.72. The Balaban J connectivity index is 2.04. The number of hydrogen-bond acceptors (Lipinski definition) is 1. The Morgan fingerprint density at radius 1 is 1.53 bits per heavy atom. The zero-order valence-electron chi connectivity index (χ0n) is 9.20. The minimum Gasteiger partial charge on any atom is -0.392 e. The van der Waals surface area contributed by atoms with Crippen LogP contribution in [0.25, 0.3) is 0 Å². The molecule has 2 rings (SSSR count). The fourth-order valence-electron chi connectivity index (χ4n) is 2.15. The van der Waals surface area contributed by atoms with Crippen molar-refractivity contribution < 1.29 is 9.50 Å². The Morgan fingerprint density at radius 3 is 2.73 bits per heavy atom. The van der Waals surface area contributed by atoms with Crippen molar-refractivity contribution in [2.75, 3.05) is 0 Å². The first-order chi connectivity index (χ1) is 7.08. The first-order valence-corrected chi connectivity index (χ1v) is 5.51. The third-order valence-corrected chi connectivity index (χ3v) is 3.40. The van der Waals surface area contributed by atoms with Gasteiger partial charge in [0, 0.05) is 0 Å². The van der Waals surface area contributed by atoms with Crippen LogP contribution in [0.1, 0.15) is 24.5 Å². The lowest BCUT2D eigenvalue weighted by molar-refractivity contribution is 0.146. The Kier molecular flexibility index (Phi) is 2.79. The summed E-state index contributed by atoms with van der Waals surface area (Å²) in [5.41, 5.74) is 1.99. The SMILES string of the molecule is Cc1cc(F)ccc1CC(O)C1CC1C. The summed E-state index contributed by atoms with van der Waals surface area (Å²) < 4.78 is 12.9. The van der Waals surface area contributed by atoms with Gasteiger partial charge < -0.3 is 5.11 Å². The van der Waals surface area contributed by atoms with Gasteiger partial charge in [-0.2, -0.15) is 0 Å². The second kappa shape index (κ2) is 3.93. The summed E-state index contributed by atoms with van der Waals surface area (Å²) in [5.74, 6) is 0.903. The van der Waals surface area contributed by atoms with Crippen LogP contribution in [0, 0.1) is 24.6 Å². The number of halogens is 1. The third kappa shape index (κ3) is 2.37. The van der Waals surface area contributed by atoms with Gasteiger partial charge in [-0.25, -0.2) is 4.39 Å². The summed E-state index contributed by atoms with van der Waals surface area (Å²) in [5, 5.41) is 9.91. The minimum atomic E-state index is -0.260. The highest BCUT2D eigenvalue weighted by Crippen LogP contribution is 2.41. The zero-order chi connectivity index (χ0) is 11.0. The van der Waals surface area contributed by atoms with Gasteiger partial charge in [0.15, 0.2) is 0 Å². The van der Waals surface area contributed by atoms with Crippen molar-refractivity contribution in [1.82, 2.24) is 0 Å². The standard InChI is InChI=1S/C13H17FO/c1-8-5-11(14)4-3-10(8)7-13(15)12-6-9(12)2/h3-5,9,12-13,15H,6-7H2,1-2H3. The maximum absolute atomic E-state index is 12.9. The Morgan fingerprint density at radius 2 is 2.20 bits per heavy atom. The van der Waals surface area contributed by atoms with Crippen molar-refractivity contribution in [2.45, 2.75) is 32.8 Å². The fourth-order valence-corrected chi connectivity index (χ4v) is 2.15. The minimum absolute atomic E-state index is 0.203. The summed E-state index contributed by atoms with van der Waals surface area (Å²) >= 11 is 0. The summed E-state index contributed by atoms with van der Waals surface area (Å²) in [6.07, 6.45) is 1.52. The van der Waals surface area contributed by atoms with Crippen LogP contribution >= 0.6 is 0 Å². The van der Waals surface area contributed by atoms with Crippen molar-refractivity contribution >= 4 is 0 Å². The van der Waals surface area contributed by atoms with Gasteiger partial charge in [-0.3, -0.25) is 0 Å². The molecule has 0 aromatic heterocycles. The molecule has 0 aliphatic heterocycles. The number of aliphatic hydroxyl groups excluding tert-OH is 1. The van der Waals surface area contributed by atoms with Crippen LogP contribution in [0.15, 0.2) is 18.2 Å². The first-order valence-electron chi connectivity index (χ1n) is 5.51. The molecule has 0 heterocycles.